The molecule has 1 aliphatic heterocycles. The first kappa shape index (κ1) is 36.2. The Kier molecular flexibility index (Phi) is 10.1. The molecule has 5 rings (SSSR count). The lowest BCUT2D eigenvalue weighted by Crippen LogP contribution is -2.41. The molecule has 4 aromatic rings. The summed E-state index contributed by atoms with van der Waals surface area (Å²) < 4.78 is 75.2. The predicted octanol–water partition coefficient (Wildman–Crippen LogP) is 8.55. The minimum atomic E-state index is -5.65. The molecule has 0 amide bonds. The molecule has 0 saturated carbocycles. The van der Waals surface area contributed by atoms with E-state index in [9.17, 15) is 21.6 Å². The van der Waals surface area contributed by atoms with Crippen LogP contribution in [0.25, 0.3) is 0 Å². The van der Waals surface area contributed by atoms with Crippen LogP contribution in [-0.4, -0.2) is 32.2 Å². The van der Waals surface area contributed by atoms with Gasteiger partial charge in [-0.25, -0.2) is 0 Å². The summed E-state index contributed by atoms with van der Waals surface area (Å²) in [4.78, 5) is 0. The summed E-state index contributed by atoms with van der Waals surface area (Å²) in [6.45, 7) is 16.8. The lowest BCUT2D eigenvalue weighted by atomic mass is 9.74. The average molecular weight is 667 g/mol. The molecule has 5 nitrogen and oxygen atoms in total. The zero-order valence-electron chi connectivity index (χ0n) is 28.1. The maximum atomic E-state index is 12.3. The fourth-order valence-electron chi connectivity index (χ4n) is 5.18. The van der Waals surface area contributed by atoms with E-state index in [0.29, 0.717) is 0 Å². The number of halogens is 3. The monoisotopic (exact) mass is 666 g/mol. The molecule has 1 aliphatic rings. The summed E-state index contributed by atoms with van der Waals surface area (Å²) in [6.07, 6.45) is 0. The van der Waals surface area contributed by atoms with Gasteiger partial charge in [0.05, 0.1) is 11.2 Å². The molecule has 1 fully saturated rings. The highest BCUT2D eigenvalue weighted by Gasteiger charge is 2.52. The van der Waals surface area contributed by atoms with Crippen LogP contribution in [0.15, 0.2) is 109 Å². The summed E-state index contributed by atoms with van der Waals surface area (Å²) in [6, 6.07) is 34.3. The van der Waals surface area contributed by atoms with Gasteiger partial charge < -0.3 is 13.5 Å². The van der Waals surface area contributed by atoms with Gasteiger partial charge in [0.2, 0.25) is 0 Å². The molecule has 0 N–H and O–H groups in total. The van der Waals surface area contributed by atoms with E-state index >= 15 is 0 Å². The van der Waals surface area contributed by atoms with Crippen LogP contribution in [-0.2, 0) is 30.3 Å². The fourth-order valence-corrected chi connectivity index (χ4v) is 5.64. The fraction of sp³-hybridized carbons (Fsp3) is 0.351. The molecule has 1 saturated heterocycles. The first-order valence-electron chi connectivity index (χ1n) is 15.4. The van der Waals surface area contributed by atoms with Gasteiger partial charge in [0, 0.05) is 10.8 Å². The average Bonchev–Trinajstić information content (AvgIpc) is 3.24. The first-order valence-corrected chi connectivity index (χ1v) is 16.8. The molecule has 10 heteroatoms. The molecular weight excluding hydrogens is 624 g/mol. The molecule has 0 aromatic heterocycles. The van der Waals surface area contributed by atoms with E-state index in [4.69, 9.17) is 9.31 Å². The van der Waals surface area contributed by atoms with Gasteiger partial charge in [0.1, 0.15) is 5.75 Å². The van der Waals surface area contributed by atoms with Gasteiger partial charge in [-0.05, 0) is 67.5 Å². The highest BCUT2D eigenvalue weighted by molar-refractivity contribution is 7.88. The highest BCUT2D eigenvalue weighted by Crippen LogP contribution is 2.37. The van der Waals surface area contributed by atoms with Crippen molar-refractivity contribution in [1.29, 1.82) is 0 Å². The van der Waals surface area contributed by atoms with Crippen molar-refractivity contribution in [2.75, 3.05) is 0 Å². The summed E-state index contributed by atoms with van der Waals surface area (Å²) in [5, 5.41) is 0. The molecule has 0 radical (unpaired) electrons. The summed E-state index contributed by atoms with van der Waals surface area (Å²) in [7, 11) is -5.95. The Morgan fingerprint density at radius 2 is 0.915 bits per heavy atom. The standard InChI is InChI=1S/C21H27BO2.C16H15F3O3S/c1-19(2,16-10-8-7-9-11-16)17-12-14-18(15-13-17)22-23-20(3,4)21(5,6)24-22;1-15(2,12-6-4-3-5-7-12)13-8-10-14(11-9-13)22-23(20,21)16(17,18)19/h7-15H,1-6H3;3-11H,1-2H3. The molecule has 0 bridgehead atoms. The van der Waals surface area contributed by atoms with E-state index in [2.05, 4.69) is 100 Å². The van der Waals surface area contributed by atoms with Crippen LogP contribution < -0.4 is 9.65 Å². The van der Waals surface area contributed by atoms with E-state index in [-0.39, 0.29) is 34.9 Å². The molecule has 0 aliphatic carbocycles. The van der Waals surface area contributed by atoms with Crippen molar-refractivity contribution in [2.24, 2.45) is 0 Å². The largest absolute Gasteiger partial charge is 0.534 e. The Labute approximate surface area is 277 Å². The van der Waals surface area contributed by atoms with Crippen molar-refractivity contribution in [2.45, 2.75) is 82.9 Å². The molecule has 250 valence electrons. The van der Waals surface area contributed by atoms with Gasteiger partial charge in [0.15, 0.2) is 0 Å². The van der Waals surface area contributed by atoms with Crippen LogP contribution in [0.1, 0.15) is 77.6 Å². The van der Waals surface area contributed by atoms with Crippen LogP contribution in [0.2, 0.25) is 0 Å². The Morgan fingerprint density at radius 3 is 1.28 bits per heavy atom. The third-order valence-electron chi connectivity index (χ3n) is 9.21. The third kappa shape index (κ3) is 7.93. The number of rotatable bonds is 7. The number of benzene rings is 4. The quantitative estimate of drug-likeness (QED) is 0.112. The minimum Gasteiger partial charge on any atom is -0.399 e. The Bertz CT molecular complexity index is 1720. The minimum absolute atomic E-state index is 0.0320. The normalized spacial score (nSPS) is 16.3. The number of hydrogen-bond donors (Lipinski definition) is 0. The van der Waals surface area contributed by atoms with E-state index in [1.54, 1.807) is 12.1 Å². The third-order valence-corrected chi connectivity index (χ3v) is 10.2. The van der Waals surface area contributed by atoms with Crippen LogP contribution in [0.5, 0.6) is 5.75 Å². The summed E-state index contributed by atoms with van der Waals surface area (Å²) in [5.41, 5.74) is -0.965. The van der Waals surface area contributed by atoms with E-state index in [1.165, 1.54) is 23.3 Å². The lowest BCUT2D eigenvalue weighted by Gasteiger charge is -2.32. The summed E-state index contributed by atoms with van der Waals surface area (Å²) in [5.74, 6) is -0.380. The lowest BCUT2D eigenvalue weighted by molar-refractivity contribution is -0.0500. The maximum absolute atomic E-state index is 12.3. The number of alkyl halides is 3. The van der Waals surface area contributed by atoms with Gasteiger partial charge in [-0.3, -0.25) is 0 Å². The van der Waals surface area contributed by atoms with Gasteiger partial charge in [-0.2, -0.15) is 21.6 Å². The van der Waals surface area contributed by atoms with Crippen LogP contribution in [0.3, 0.4) is 0 Å². The Hall–Kier alpha value is -3.60. The molecule has 0 atom stereocenters. The zero-order chi connectivity index (χ0) is 34.9. The van der Waals surface area contributed by atoms with Crippen molar-refractivity contribution in [1.82, 2.24) is 0 Å². The molecule has 1 heterocycles. The van der Waals surface area contributed by atoms with E-state index in [0.717, 1.165) is 16.6 Å². The van der Waals surface area contributed by atoms with Crippen LogP contribution in [0.4, 0.5) is 13.2 Å². The molecule has 4 aromatic carbocycles. The Balaban J connectivity index is 0.000000213. The van der Waals surface area contributed by atoms with Crippen LogP contribution >= 0.6 is 0 Å². The van der Waals surface area contributed by atoms with E-state index < -0.39 is 15.6 Å². The second-order valence-electron chi connectivity index (χ2n) is 13.7. The van der Waals surface area contributed by atoms with Crippen molar-refractivity contribution in [3.05, 3.63) is 131 Å². The van der Waals surface area contributed by atoms with Crippen molar-refractivity contribution in [3.8, 4) is 5.75 Å². The molecular formula is C37H42BF3O5S. The van der Waals surface area contributed by atoms with E-state index in [1.807, 2.05) is 44.2 Å². The maximum Gasteiger partial charge on any atom is 0.534 e. The second-order valence-corrected chi connectivity index (χ2v) is 15.2. The molecule has 47 heavy (non-hydrogen) atoms. The van der Waals surface area contributed by atoms with Crippen molar-refractivity contribution in [3.63, 3.8) is 0 Å². The van der Waals surface area contributed by atoms with Gasteiger partial charge in [0.25, 0.3) is 0 Å². The summed E-state index contributed by atoms with van der Waals surface area (Å²) >= 11 is 0. The second kappa shape index (κ2) is 13.1. The first-order chi connectivity index (χ1) is 21.7. The zero-order valence-corrected chi connectivity index (χ0v) is 28.9. The van der Waals surface area contributed by atoms with Gasteiger partial charge in [-0.1, -0.05) is 125 Å². The molecule has 0 spiro atoms. The predicted molar refractivity (Wildman–Crippen MR) is 181 cm³/mol. The number of hydrogen-bond acceptors (Lipinski definition) is 5. The van der Waals surface area contributed by atoms with Crippen LogP contribution in [0, 0.1) is 0 Å². The molecule has 0 unspecified atom stereocenters. The van der Waals surface area contributed by atoms with Crippen molar-refractivity contribution < 1.29 is 35.1 Å². The van der Waals surface area contributed by atoms with Gasteiger partial charge in [-0.15, -0.1) is 0 Å². The SMILES string of the molecule is CC(C)(c1ccccc1)c1ccc(B2OC(C)(C)C(C)(C)O2)cc1.CC(C)(c1ccccc1)c1ccc(OS(=O)(=O)C(F)(F)F)cc1. The smallest absolute Gasteiger partial charge is 0.399 e. The van der Waals surface area contributed by atoms with Gasteiger partial charge >= 0.3 is 22.7 Å². The Morgan fingerprint density at radius 1 is 0.574 bits per heavy atom. The topological polar surface area (TPSA) is 61.8 Å². The van der Waals surface area contributed by atoms with Crippen molar-refractivity contribution >= 4 is 22.7 Å². The highest BCUT2D eigenvalue weighted by atomic mass is 32.2.